The molecule has 0 aliphatic carbocycles. The average molecular weight is 446 g/mol. The standard InChI is InChI=1S/C22H27N3O5S/c1-3-13-30-19-8-6-5-7-18(19)21(27)24-25-22(31)23-20(26)16-9-11-17(12-10-16)29-15-14-28-4-2/h5-12H,3-4,13-15H2,1-2H3,(H,24,27)(H2,23,25,26,31). The molecule has 8 nitrogen and oxygen atoms in total. The van der Waals surface area contributed by atoms with Gasteiger partial charge in [0.1, 0.15) is 18.1 Å². The highest BCUT2D eigenvalue weighted by Gasteiger charge is 2.13. The number of benzene rings is 2. The molecule has 2 aromatic rings. The van der Waals surface area contributed by atoms with Crippen LogP contribution in [0.25, 0.3) is 0 Å². The fraction of sp³-hybridized carbons (Fsp3) is 0.318. The van der Waals surface area contributed by atoms with Gasteiger partial charge in [-0.3, -0.25) is 25.8 Å². The van der Waals surface area contributed by atoms with Crippen LogP contribution in [0.15, 0.2) is 48.5 Å². The Balaban J connectivity index is 1.82. The highest BCUT2D eigenvalue weighted by atomic mass is 32.1. The maximum absolute atomic E-state index is 12.4. The Hall–Kier alpha value is -3.17. The maximum Gasteiger partial charge on any atom is 0.273 e. The number of thiocarbonyl (C=S) groups is 1. The summed E-state index contributed by atoms with van der Waals surface area (Å²) in [5, 5.41) is 2.47. The Morgan fingerprint density at radius 2 is 1.61 bits per heavy atom. The fourth-order valence-electron chi connectivity index (χ4n) is 2.44. The number of ether oxygens (including phenoxy) is 3. The van der Waals surface area contributed by atoms with Gasteiger partial charge in [-0.15, -0.1) is 0 Å². The minimum Gasteiger partial charge on any atom is -0.493 e. The first-order valence-corrected chi connectivity index (χ1v) is 10.4. The van der Waals surface area contributed by atoms with Crippen molar-refractivity contribution in [3.63, 3.8) is 0 Å². The molecule has 0 bridgehead atoms. The molecule has 0 atom stereocenters. The number of carbonyl (C=O) groups excluding carboxylic acids is 2. The topological polar surface area (TPSA) is 97.9 Å². The predicted octanol–water partition coefficient (Wildman–Crippen LogP) is 2.84. The van der Waals surface area contributed by atoms with Crippen LogP contribution < -0.4 is 25.6 Å². The van der Waals surface area contributed by atoms with Gasteiger partial charge in [0.15, 0.2) is 5.11 Å². The van der Waals surface area contributed by atoms with Gasteiger partial charge in [0.05, 0.1) is 18.8 Å². The van der Waals surface area contributed by atoms with Crippen LogP contribution in [0.5, 0.6) is 11.5 Å². The third-order valence-corrected chi connectivity index (χ3v) is 4.13. The lowest BCUT2D eigenvalue weighted by atomic mass is 10.2. The summed E-state index contributed by atoms with van der Waals surface area (Å²) in [4.78, 5) is 24.7. The summed E-state index contributed by atoms with van der Waals surface area (Å²) in [5.41, 5.74) is 5.73. The van der Waals surface area contributed by atoms with E-state index in [0.29, 0.717) is 49.1 Å². The molecule has 3 N–H and O–H groups in total. The molecule has 0 radical (unpaired) electrons. The van der Waals surface area contributed by atoms with Crippen molar-refractivity contribution in [2.75, 3.05) is 26.4 Å². The first kappa shape index (κ1) is 24.1. The van der Waals surface area contributed by atoms with Crippen LogP contribution in [0, 0.1) is 0 Å². The molecule has 0 aliphatic heterocycles. The van der Waals surface area contributed by atoms with Crippen molar-refractivity contribution >= 4 is 29.1 Å². The summed E-state index contributed by atoms with van der Waals surface area (Å²) in [7, 11) is 0. The molecular weight excluding hydrogens is 418 g/mol. The molecule has 0 saturated carbocycles. The van der Waals surface area contributed by atoms with Gasteiger partial charge < -0.3 is 14.2 Å². The SMILES string of the molecule is CCCOc1ccccc1C(=O)NNC(=S)NC(=O)c1ccc(OCCOCC)cc1. The summed E-state index contributed by atoms with van der Waals surface area (Å²) in [6.07, 6.45) is 0.824. The second-order valence-corrected chi connectivity index (χ2v) is 6.69. The van der Waals surface area contributed by atoms with Gasteiger partial charge in [-0.25, -0.2) is 0 Å². The quantitative estimate of drug-likeness (QED) is 0.294. The molecule has 0 aromatic heterocycles. The van der Waals surface area contributed by atoms with Crippen LogP contribution in [-0.4, -0.2) is 43.4 Å². The molecule has 0 fully saturated rings. The zero-order valence-electron chi connectivity index (χ0n) is 17.6. The van der Waals surface area contributed by atoms with E-state index in [1.807, 2.05) is 13.8 Å². The summed E-state index contributed by atoms with van der Waals surface area (Å²) in [5.74, 6) is 0.256. The molecule has 0 spiro atoms. The molecule has 2 aromatic carbocycles. The molecule has 0 unspecified atom stereocenters. The lowest BCUT2D eigenvalue weighted by Crippen LogP contribution is -2.48. The number of hydrogen-bond donors (Lipinski definition) is 3. The smallest absolute Gasteiger partial charge is 0.273 e. The van der Waals surface area contributed by atoms with E-state index in [1.165, 1.54) is 0 Å². The Kier molecular flexibility index (Phi) is 10.3. The third-order valence-electron chi connectivity index (χ3n) is 3.93. The van der Waals surface area contributed by atoms with E-state index in [0.717, 1.165) is 6.42 Å². The molecular formula is C22H27N3O5S. The number of amides is 2. The average Bonchev–Trinajstić information content (AvgIpc) is 2.79. The zero-order valence-corrected chi connectivity index (χ0v) is 18.4. The van der Waals surface area contributed by atoms with E-state index in [-0.39, 0.29) is 5.11 Å². The van der Waals surface area contributed by atoms with Crippen LogP contribution in [-0.2, 0) is 4.74 Å². The summed E-state index contributed by atoms with van der Waals surface area (Å²) < 4.78 is 16.3. The number of para-hydroxylation sites is 1. The molecule has 166 valence electrons. The molecule has 9 heteroatoms. The van der Waals surface area contributed by atoms with Gasteiger partial charge in [-0.05, 0) is 62.0 Å². The number of nitrogens with one attached hydrogen (secondary N) is 3. The largest absolute Gasteiger partial charge is 0.493 e. The first-order chi connectivity index (χ1) is 15.0. The summed E-state index contributed by atoms with van der Waals surface area (Å²) in [6, 6.07) is 13.5. The van der Waals surface area contributed by atoms with Crippen molar-refractivity contribution in [3.8, 4) is 11.5 Å². The lowest BCUT2D eigenvalue weighted by Gasteiger charge is -2.13. The Morgan fingerprint density at radius 3 is 2.32 bits per heavy atom. The zero-order chi connectivity index (χ0) is 22.5. The molecule has 31 heavy (non-hydrogen) atoms. The van der Waals surface area contributed by atoms with Crippen LogP contribution in [0.3, 0.4) is 0 Å². The van der Waals surface area contributed by atoms with Gasteiger partial charge in [-0.1, -0.05) is 19.1 Å². The van der Waals surface area contributed by atoms with Crippen LogP contribution in [0.1, 0.15) is 41.0 Å². The molecule has 2 amide bonds. The number of hydrazine groups is 1. The van der Waals surface area contributed by atoms with E-state index in [1.54, 1.807) is 48.5 Å². The van der Waals surface area contributed by atoms with Gasteiger partial charge in [0.25, 0.3) is 11.8 Å². The van der Waals surface area contributed by atoms with Crippen LogP contribution in [0.2, 0.25) is 0 Å². The van der Waals surface area contributed by atoms with Crippen molar-refractivity contribution in [2.24, 2.45) is 0 Å². The minimum absolute atomic E-state index is 0.0395. The van der Waals surface area contributed by atoms with Gasteiger partial charge in [0.2, 0.25) is 0 Å². The van der Waals surface area contributed by atoms with Gasteiger partial charge in [0, 0.05) is 12.2 Å². The van der Waals surface area contributed by atoms with E-state index in [2.05, 4.69) is 16.2 Å². The summed E-state index contributed by atoms with van der Waals surface area (Å²) in [6.45, 7) is 5.96. The van der Waals surface area contributed by atoms with E-state index in [9.17, 15) is 9.59 Å². The van der Waals surface area contributed by atoms with E-state index in [4.69, 9.17) is 26.4 Å². The van der Waals surface area contributed by atoms with Crippen molar-refractivity contribution in [1.29, 1.82) is 0 Å². The number of hydrogen-bond acceptors (Lipinski definition) is 6. The highest BCUT2D eigenvalue weighted by Crippen LogP contribution is 2.17. The van der Waals surface area contributed by atoms with Gasteiger partial charge >= 0.3 is 0 Å². The second kappa shape index (κ2) is 13.2. The highest BCUT2D eigenvalue weighted by molar-refractivity contribution is 7.80. The van der Waals surface area contributed by atoms with Crippen LogP contribution >= 0.6 is 12.2 Å². The predicted molar refractivity (Wildman–Crippen MR) is 121 cm³/mol. The molecule has 0 saturated heterocycles. The Labute approximate surface area is 187 Å². The Morgan fingerprint density at radius 1 is 0.871 bits per heavy atom. The summed E-state index contributed by atoms with van der Waals surface area (Å²) >= 11 is 5.08. The lowest BCUT2D eigenvalue weighted by molar-refractivity contribution is 0.0931. The third kappa shape index (κ3) is 8.23. The number of rotatable bonds is 10. The van der Waals surface area contributed by atoms with Crippen LogP contribution in [0.4, 0.5) is 0 Å². The Bertz CT molecular complexity index is 874. The van der Waals surface area contributed by atoms with E-state index < -0.39 is 11.8 Å². The van der Waals surface area contributed by atoms with Gasteiger partial charge in [-0.2, -0.15) is 0 Å². The molecule has 0 heterocycles. The van der Waals surface area contributed by atoms with E-state index >= 15 is 0 Å². The second-order valence-electron chi connectivity index (χ2n) is 6.28. The first-order valence-electron chi connectivity index (χ1n) is 9.99. The normalized spacial score (nSPS) is 10.1. The monoisotopic (exact) mass is 445 g/mol. The molecule has 2 rings (SSSR count). The van der Waals surface area contributed by atoms with Crippen molar-refractivity contribution < 1.29 is 23.8 Å². The van der Waals surface area contributed by atoms with Crippen molar-refractivity contribution in [1.82, 2.24) is 16.2 Å². The number of carbonyl (C=O) groups is 2. The molecule has 0 aliphatic rings. The van der Waals surface area contributed by atoms with Crippen molar-refractivity contribution in [3.05, 3.63) is 59.7 Å². The fourth-order valence-corrected chi connectivity index (χ4v) is 2.59. The minimum atomic E-state index is -0.433. The van der Waals surface area contributed by atoms with Crippen molar-refractivity contribution in [2.45, 2.75) is 20.3 Å². The maximum atomic E-state index is 12.4.